The molecule has 0 atom stereocenters. The van der Waals surface area contributed by atoms with E-state index in [9.17, 15) is 0 Å². The molecule has 1 nitrogen and oxygen atoms in total. The molecule has 0 amide bonds. The Morgan fingerprint density at radius 3 is 1.89 bits per heavy atom. The first kappa shape index (κ1) is 12.0. The van der Waals surface area contributed by atoms with Crippen LogP contribution in [0.4, 0.5) is 0 Å². The largest absolute Gasteiger partial charge is 0.693 e. The Bertz CT molecular complexity index is 139. The second-order valence-corrected chi connectivity index (χ2v) is 1.58. The normalized spacial score (nSPS) is 6.78. The van der Waals surface area contributed by atoms with E-state index < -0.39 is 0 Å². The van der Waals surface area contributed by atoms with Gasteiger partial charge in [-0.3, -0.25) is 0 Å². The molecular formula is C7H9NY-2. The van der Waals surface area contributed by atoms with Crippen molar-refractivity contribution in [3.05, 3.63) is 42.0 Å². The summed E-state index contributed by atoms with van der Waals surface area (Å²) >= 11 is 0. The van der Waals surface area contributed by atoms with Crippen LogP contribution < -0.4 is 0 Å². The molecule has 0 saturated heterocycles. The molecule has 1 aromatic carbocycles. The number of nitrogens with two attached hydrogens (primary N) is 1. The fraction of sp³-hybridized carbons (Fsp3) is 0.143. The molecule has 0 spiro atoms. The maximum Gasteiger partial charge on any atom is 0 e. The van der Waals surface area contributed by atoms with Crippen LogP contribution in [0.25, 0.3) is 6.15 Å². The molecule has 0 aliphatic carbocycles. The summed E-state index contributed by atoms with van der Waals surface area (Å²) < 4.78 is 0. The monoisotopic (exact) mass is 196 g/mol. The topological polar surface area (TPSA) is 33.5 Å². The van der Waals surface area contributed by atoms with Crippen LogP contribution in [0, 0.1) is 13.0 Å². The molecule has 0 unspecified atom stereocenters. The maximum atomic E-state index is 2.93. The molecule has 0 aliphatic heterocycles. The van der Waals surface area contributed by atoms with Gasteiger partial charge in [0, 0.05) is 32.7 Å². The van der Waals surface area contributed by atoms with Gasteiger partial charge >= 0.3 is 0 Å². The van der Waals surface area contributed by atoms with E-state index in [1.807, 2.05) is 24.3 Å². The fourth-order valence-electron chi connectivity index (χ4n) is 0.470. The minimum absolute atomic E-state index is 0. The zero-order valence-electron chi connectivity index (χ0n) is 5.46. The van der Waals surface area contributed by atoms with Crippen LogP contribution >= 0.6 is 0 Å². The van der Waals surface area contributed by atoms with E-state index in [0.717, 1.165) is 0 Å². The molecule has 0 aromatic heterocycles. The third-order valence-corrected chi connectivity index (χ3v) is 0.885. The van der Waals surface area contributed by atoms with Crippen molar-refractivity contribution in [2.45, 2.75) is 6.92 Å². The molecule has 0 aliphatic rings. The van der Waals surface area contributed by atoms with Crippen molar-refractivity contribution in [2.75, 3.05) is 0 Å². The number of benzene rings is 1. The summed E-state index contributed by atoms with van der Waals surface area (Å²) in [5, 5.41) is 0. The van der Waals surface area contributed by atoms with E-state index in [2.05, 4.69) is 13.0 Å². The molecule has 47 valence electrons. The van der Waals surface area contributed by atoms with Crippen molar-refractivity contribution in [1.29, 1.82) is 0 Å². The molecule has 1 radical (unpaired) electrons. The van der Waals surface area contributed by atoms with Crippen molar-refractivity contribution in [1.82, 2.24) is 0 Å². The summed E-state index contributed by atoms with van der Waals surface area (Å²) in [5.74, 6) is 0. The van der Waals surface area contributed by atoms with Crippen LogP contribution in [0.2, 0.25) is 0 Å². The minimum Gasteiger partial charge on any atom is -0.693 e. The predicted molar refractivity (Wildman–Crippen MR) is 35.3 cm³/mol. The van der Waals surface area contributed by atoms with Crippen LogP contribution in [0.5, 0.6) is 0 Å². The average molecular weight is 196 g/mol. The van der Waals surface area contributed by atoms with Gasteiger partial charge < -0.3 is 6.15 Å². The summed E-state index contributed by atoms with van der Waals surface area (Å²) in [5.41, 5.74) is 1.29. The molecule has 0 bridgehead atoms. The van der Waals surface area contributed by atoms with E-state index in [0.29, 0.717) is 0 Å². The molecule has 1 aromatic rings. The van der Waals surface area contributed by atoms with E-state index in [4.69, 9.17) is 0 Å². The van der Waals surface area contributed by atoms with Gasteiger partial charge in [0.1, 0.15) is 0 Å². The summed E-state index contributed by atoms with van der Waals surface area (Å²) in [4.78, 5) is 0. The van der Waals surface area contributed by atoms with Crippen molar-refractivity contribution in [3.8, 4) is 0 Å². The van der Waals surface area contributed by atoms with Gasteiger partial charge in [0.15, 0.2) is 0 Å². The average Bonchev–Trinajstić information content (AvgIpc) is 1.69. The number of rotatable bonds is 0. The maximum absolute atomic E-state index is 2.93. The predicted octanol–water partition coefficient (Wildman–Crippen LogP) is 2.51. The summed E-state index contributed by atoms with van der Waals surface area (Å²) in [7, 11) is 0. The van der Waals surface area contributed by atoms with Gasteiger partial charge in [-0.1, -0.05) is 6.92 Å². The SMILES string of the molecule is Cc1cc[c-]cc1.[NH2-].[Y]. The summed E-state index contributed by atoms with van der Waals surface area (Å²) in [6.07, 6.45) is 0. The third kappa shape index (κ3) is 4.77. The number of hydrogen-bond acceptors (Lipinski definition) is 0. The van der Waals surface area contributed by atoms with Crippen molar-refractivity contribution >= 4 is 0 Å². The van der Waals surface area contributed by atoms with Crippen LogP contribution in [0.1, 0.15) is 5.56 Å². The third-order valence-electron chi connectivity index (χ3n) is 0.885. The van der Waals surface area contributed by atoms with Gasteiger partial charge in [-0.15, -0.1) is 0 Å². The minimum atomic E-state index is 0. The van der Waals surface area contributed by atoms with Crippen LogP contribution in [-0.4, -0.2) is 0 Å². The molecule has 2 heteroatoms. The Labute approximate surface area is 81.3 Å². The Kier molecular flexibility index (Phi) is 8.55. The fourth-order valence-corrected chi connectivity index (χ4v) is 0.470. The zero-order chi connectivity index (χ0) is 5.11. The first-order chi connectivity index (χ1) is 3.39. The number of aryl methyl sites for hydroxylation is 1. The quantitative estimate of drug-likeness (QED) is 0.571. The molecular weight excluding hydrogens is 187 g/mol. The van der Waals surface area contributed by atoms with Crippen molar-refractivity contribution in [3.63, 3.8) is 0 Å². The van der Waals surface area contributed by atoms with Gasteiger partial charge in [0.25, 0.3) is 0 Å². The Morgan fingerprint density at radius 2 is 1.67 bits per heavy atom. The summed E-state index contributed by atoms with van der Waals surface area (Å²) in [6.45, 7) is 2.06. The van der Waals surface area contributed by atoms with Crippen molar-refractivity contribution < 1.29 is 32.7 Å². The first-order valence-electron chi connectivity index (χ1n) is 2.32. The van der Waals surface area contributed by atoms with Gasteiger partial charge in [0.05, 0.1) is 0 Å². The van der Waals surface area contributed by atoms with Gasteiger partial charge in [-0.2, -0.15) is 35.9 Å². The van der Waals surface area contributed by atoms with Crippen molar-refractivity contribution in [2.24, 2.45) is 0 Å². The van der Waals surface area contributed by atoms with Gasteiger partial charge in [0.2, 0.25) is 0 Å². The summed E-state index contributed by atoms with van der Waals surface area (Å²) in [6, 6.07) is 10.8. The van der Waals surface area contributed by atoms with Gasteiger partial charge in [-0.25, -0.2) is 0 Å². The standard InChI is InChI=1S/C7H7.H2N.Y/c1-7-5-3-2-4-6-7;;/h3-6H,1H3;1H2;/q2*-1;. The second kappa shape index (κ2) is 6.40. The van der Waals surface area contributed by atoms with Crippen LogP contribution in [0.15, 0.2) is 24.3 Å². The van der Waals surface area contributed by atoms with Gasteiger partial charge in [-0.05, 0) is 0 Å². The zero-order valence-corrected chi connectivity index (χ0v) is 8.30. The molecule has 0 saturated carbocycles. The Morgan fingerprint density at radius 1 is 1.22 bits per heavy atom. The molecule has 0 fully saturated rings. The van der Waals surface area contributed by atoms with E-state index in [-0.39, 0.29) is 38.9 Å². The van der Waals surface area contributed by atoms with Crippen LogP contribution in [0.3, 0.4) is 0 Å². The first-order valence-corrected chi connectivity index (χ1v) is 2.32. The van der Waals surface area contributed by atoms with Crippen LogP contribution in [-0.2, 0) is 32.7 Å². The smallest absolute Gasteiger partial charge is 0 e. The molecule has 9 heavy (non-hydrogen) atoms. The molecule has 0 heterocycles. The molecule has 2 N–H and O–H groups in total. The Hall–Kier alpha value is 0.284. The Balaban J connectivity index is 0. The second-order valence-electron chi connectivity index (χ2n) is 1.58. The molecule has 1 rings (SSSR count). The van der Waals surface area contributed by atoms with E-state index >= 15 is 0 Å². The van der Waals surface area contributed by atoms with E-state index in [1.54, 1.807) is 0 Å². The van der Waals surface area contributed by atoms with E-state index in [1.165, 1.54) is 5.56 Å². The number of hydrogen-bond donors (Lipinski definition) is 0.